The molecule has 0 aliphatic carbocycles. The third kappa shape index (κ3) is 10.8. The molecule has 2 aliphatic rings. The van der Waals surface area contributed by atoms with E-state index in [4.69, 9.17) is 4.42 Å². The van der Waals surface area contributed by atoms with Gasteiger partial charge in [-0.3, -0.25) is 0 Å². The lowest BCUT2D eigenvalue weighted by Gasteiger charge is -2.46. The van der Waals surface area contributed by atoms with Gasteiger partial charge in [0.25, 0.3) is 6.71 Å². The topological polar surface area (TPSA) is 29.3 Å². The van der Waals surface area contributed by atoms with Gasteiger partial charge in [-0.15, -0.1) is 11.3 Å². The molecule has 0 bridgehead atoms. The Morgan fingerprint density at radius 3 is 1.40 bits per heavy atom. The van der Waals surface area contributed by atoms with Gasteiger partial charge in [0, 0.05) is 99.2 Å². The summed E-state index contributed by atoms with van der Waals surface area (Å²) >= 11 is 1.92. The van der Waals surface area contributed by atoms with Crippen molar-refractivity contribution in [3.63, 3.8) is 0 Å². The van der Waals surface area contributed by atoms with Crippen LogP contribution < -0.4 is 40.9 Å². The molecule has 6 nitrogen and oxygen atoms in total. The highest BCUT2D eigenvalue weighted by atomic mass is 32.1. The molecule has 18 aromatic rings. The number of anilines is 15. The van der Waals surface area contributed by atoms with Gasteiger partial charge >= 0.3 is 0 Å². The van der Waals surface area contributed by atoms with Crippen molar-refractivity contribution in [1.29, 1.82) is 0 Å². The van der Waals surface area contributed by atoms with Crippen molar-refractivity contribution >= 4 is 183 Å². The van der Waals surface area contributed by atoms with E-state index in [1.807, 2.05) is 11.3 Å². The maximum atomic E-state index is 7.12. The molecule has 2 aliphatic heterocycles. The normalized spacial score (nSPS) is 12.7. The van der Waals surface area contributed by atoms with E-state index in [0.29, 0.717) is 0 Å². The fourth-order valence-corrected chi connectivity index (χ4v) is 18.3. The Labute approximate surface area is 634 Å². The van der Waals surface area contributed by atoms with Crippen LogP contribution in [-0.2, 0) is 10.8 Å². The van der Waals surface area contributed by atoms with Gasteiger partial charge in [0.1, 0.15) is 5.58 Å². The van der Waals surface area contributed by atoms with Gasteiger partial charge in [0.05, 0.1) is 17.1 Å². The first kappa shape index (κ1) is 64.7. The maximum Gasteiger partial charge on any atom is 0.254 e. The second-order valence-corrected chi connectivity index (χ2v) is 31.9. The summed E-state index contributed by atoms with van der Waals surface area (Å²) in [6.45, 7) is 13.6. The first-order chi connectivity index (χ1) is 52.8. The summed E-state index contributed by atoms with van der Waals surface area (Å²) < 4.78 is 9.59. The molecule has 108 heavy (non-hydrogen) atoms. The van der Waals surface area contributed by atoms with Crippen LogP contribution in [0.2, 0.25) is 0 Å². The maximum absolute atomic E-state index is 7.12. The van der Waals surface area contributed by atoms with Gasteiger partial charge in [-0.1, -0.05) is 260 Å². The molecule has 0 amide bonds. The summed E-state index contributed by atoms with van der Waals surface area (Å²) in [5.74, 6) is 0. The van der Waals surface area contributed by atoms with E-state index < -0.39 is 0 Å². The third-order valence-corrected chi connectivity index (χ3v) is 23.4. The number of benzene rings is 16. The van der Waals surface area contributed by atoms with Gasteiger partial charge in [0.2, 0.25) is 0 Å². The number of fused-ring (bicyclic) bond motifs is 13. The van der Waals surface area contributed by atoms with Crippen LogP contribution in [0.1, 0.15) is 52.7 Å². The Hall–Kier alpha value is -12.9. The fourth-order valence-electron chi connectivity index (χ4n) is 17.0. The Morgan fingerprint density at radius 1 is 0.315 bits per heavy atom. The molecular weight excluding hydrogens is 1330 g/mol. The lowest BCUT2D eigenvalue weighted by atomic mass is 9.33. The Balaban J connectivity index is 0.946. The number of furan rings is 1. The first-order valence-electron chi connectivity index (χ1n) is 37.5. The monoisotopic (exact) mass is 1410 g/mol. The van der Waals surface area contributed by atoms with E-state index in [1.165, 1.54) is 58.5 Å². The van der Waals surface area contributed by atoms with Crippen molar-refractivity contribution in [3.8, 4) is 11.1 Å². The Kier molecular flexibility index (Phi) is 15.2. The van der Waals surface area contributed by atoms with Crippen molar-refractivity contribution in [3.05, 3.63) is 363 Å². The Bertz CT molecular complexity index is 6440. The highest BCUT2D eigenvalue weighted by Gasteiger charge is 2.47. The van der Waals surface area contributed by atoms with Gasteiger partial charge in [-0.2, -0.15) is 0 Å². The van der Waals surface area contributed by atoms with Crippen molar-refractivity contribution in [2.24, 2.45) is 0 Å². The molecule has 0 N–H and O–H groups in total. The van der Waals surface area contributed by atoms with Crippen LogP contribution in [0.15, 0.2) is 356 Å². The summed E-state index contributed by atoms with van der Waals surface area (Å²) in [7, 11) is 0. The minimum atomic E-state index is -0.312. The molecule has 16 aromatic carbocycles. The number of nitrogens with zero attached hydrogens (tertiary/aromatic N) is 5. The largest absolute Gasteiger partial charge is 0.454 e. The molecule has 4 heterocycles. The molecule has 2 aromatic heterocycles. The van der Waals surface area contributed by atoms with Crippen LogP contribution in [0.5, 0.6) is 0 Å². The third-order valence-electron chi connectivity index (χ3n) is 22.2. The smallest absolute Gasteiger partial charge is 0.254 e. The predicted octanol–water partition coefficient (Wildman–Crippen LogP) is 27.0. The average Bonchev–Trinajstić information content (AvgIpc) is 1.04. The molecule has 0 saturated heterocycles. The Morgan fingerprint density at radius 2 is 0.778 bits per heavy atom. The van der Waals surface area contributed by atoms with Crippen molar-refractivity contribution in [2.45, 2.75) is 52.4 Å². The van der Waals surface area contributed by atoms with Crippen LogP contribution in [0.25, 0.3) is 74.8 Å². The zero-order chi connectivity index (χ0) is 72.5. The molecule has 0 atom stereocenters. The van der Waals surface area contributed by atoms with Crippen molar-refractivity contribution < 1.29 is 4.42 Å². The molecule has 0 fully saturated rings. The zero-order valence-electron chi connectivity index (χ0n) is 61.1. The molecule has 516 valence electrons. The van der Waals surface area contributed by atoms with E-state index in [2.05, 4.69) is 418 Å². The molecular formula is C100H76BN5OS. The number of hydrogen-bond donors (Lipinski definition) is 0. The summed E-state index contributed by atoms with van der Waals surface area (Å²) in [6.07, 6.45) is 0. The lowest BCUT2D eigenvalue weighted by molar-refractivity contribution is 0.590. The van der Waals surface area contributed by atoms with E-state index in [9.17, 15) is 0 Å². The highest BCUT2D eigenvalue weighted by Crippen LogP contribution is 2.55. The predicted molar refractivity (Wildman–Crippen MR) is 463 cm³/mol. The number of rotatable bonds is 12. The molecule has 0 radical (unpaired) electrons. The van der Waals surface area contributed by atoms with Crippen LogP contribution in [0.4, 0.5) is 85.3 Å². The minimum Gasteiger partial charge on any atom is -0.454 e. The van der Waals surface area contributed by atoms with Gasteiger partial charge in [-0.25, -0.2) is 0 Å². The van der Waals surface area contributed by atoms with Crippen molar-refractivity contribution in [2.75, 3.05) is 24.5 Å². The fraction of sp³-hybridized carbons (Fsp3) is 0.0800. The summed E-state index contributed by atoms with van der Waals surface area (Å²) in [6, 6.07) is 131. The molecule has 8 heteroatoms. The lowest BCUT2D eigenvalue weighted by Crippen LogP contribution is -2.61. The average molecular weight is 1410 g/mol. The second kappa shape index (κ2) is 25.4. The molecule has 20 rings (SSSR count). The van der Waals surface area contributed by atoms with Crippen LogP contribution >= 0.6 is 11.3 Å². The number of thiophene rings is 1. The van der Waals surface area contributed by atoms with Gasteiger partial charge in [-0.05, 0) is 204 Å². The van der Waals surface area contributed by atoms with Crippen LogP contribution in [0, 0.1) is 0 Å². The molecule has 0 saturated carbocycles. The molecule has 0 spiro atoms. The second-order valence-electron chi connectivity index (χ2n) is 30.9. The minimum absolute atomic E-state index is 0.102. The number of para-hydroxylation sites is 4. The summed E-state index contributed by atoms with van der Waals surface area (Å²) in [4.78, 5) is 12.7. The van der Waals surface area contributed by atoms with E-state index >= 15 is 0 Å². The summed E-state index contributed by atoms with van der Waals surface area (Å²) in [5, 5.41) is 9.26. The standard InChI is InChI=1S/C100H76BN5OS/c1-99(2,3)71-46-52-75(53-47-71)105-87-61-80(104(77-37-24-32-70(58-77)65-26-10-7-11-27-65)86-41-25-40-83-82-38-20-22-42-92(82)107-97(83)86)56-57-85(87)101-95-89(105)62-81(102(78-50-44-66-28-16-18-30-68(66)59-78)79-51-45-67-29-17-19-31-69(67)60-79)63-90(95)106(76-54-48-72(49-55-76)100(4,5)6)91-64-88(94-84-39-21-23-43-93(84)108-98(94)96(91)101)103(73-33-12-8-13-34-73)74-35-14-9-15-36-74/h7-64H,1-6H3. The highest BCUT2D eigenvalue weighted by molar-refractivity contribution is 7.28. The van der Waals surface area contributed by atoms with E-state index in [0.717, 1.165) is 129 Å². The van der Waals surface area contributed by atoms with Gasteiger partial charge in [0.15, 0.2) is 5.58 Å². The zero-order valence-corrected chi connectivity index (χ0v) is 61.9. The van der Waals surface area contributed by atoms with E-state index in [1.54, 1.807) is 0 Å². The van der Waals surface area contributed by atoms with Gasteiger partial charge < -0.3 is 28.9 Å². The number of hydrogen-bond acceptors (Lipinski definition) is 7. The SMILES string of the molecule is CC(C)(C)c1ccc(N2c3cc(N(c4cccc(-c5ccccc5)c4)c4cccc5c4oc4ccccc45)ccc3B3c4c2cc(N(c2ccc5ccccc5c2)c2ccc5ccccc5c2)cc4N(c2ccc(C(C)(C)C)cc2)c2cc(N(c4ccccc4)c4ccccc4)c4c(sc5ccccc54)c23)cc1. The van der Waals surface area contributed by atoms with Crippen LogP contribution in [-0.4, -0.2) is 6.71 Å². The first-order valence-corrected chi connectivity index (χ1v) is 38.3. The summed E-state index contributed by atoms with van der Waals surface area (Å²) in [5.41, 5.74) is 25.7. The van der Waals surface area contributed by atoms with Crippen LogP contribution in [0.3, 0.4) is 0 Å². The molecule has 0 unspecified atom stereocenters. The van der Waals surface area contributed by atoms with E-state index in [-0.39, 0.29) is 17.5 Å². The quantitative estimate of drug-likeness (QED) is 0.113. The van der Waals surface area contributed by atoms with Crippen molar-refractivity contribution in [1.82, 2.24) is 0 Å².